The Hall–Kier alpha value is -1.13. The smallest absolute Gasteiger partial charge is 0.0813 e. The molecule has 0 saturated carbocycles. The zero-order valence-corrected chi connectivity index (χ0v) is 11.8. The number of benzene rings is 1. The number of fused-ring (bicyclic) bond motifs is 4. The second-order valence-corrected chi connectivity index (χ2v) is 6.70. The molecule has 4 heterocycles. The Bertz CT molecular complexity index is 572. The summed E-state index contributed by atoms with van der Waals surface area (Å²) in [5.74, 6) is 1.78. The van der Waals surface area contributed by atoms with Crippen LogP contribution in [0, 0.1) is 11.8 Å². The van der Waals surface area contributed by atoms with Crippen molar-refractivity contribution in [2.24, 2.45) is 11.8 Å². The van der Waals surface area contributed by atoms with Crippen molar-refractivity contribution < 1.29 is 0 Å². The minimum atomic E-state index is 0.833. The average Bonchev–Trinajstić information content (AvgIpc) is 2.94. The first kappa shape index (κ1) is 11.7. The Morgan fingerprint density at radius 2 is 2.21 bits per heavy atom. The Kier molecular flexibility index (Phi) is 2.93. The van der Waals surface area contributed by atoms with Gasteiger partial charge in [-0.05, 0) is 56.0 Å². The molecule has 1 atom stereocenters. The molecule has 1 N–H and O–H groups in total. The first-order chi connectivity index (χ1) is 9.38. The van der Waals surface area contributed by atoms with E-state index in [1.165, 1.54) is 42.9 Å². The number of nitrogens with zero attached hydrogens (tertiary/aromatic N) is 2. The molecule has 19 heavy (non-hydrogen) atoms. The first-order valence-electron chi connectivity index (χ1n) is 7.18. The quantitative estimate of drug-likeness (QED) is 0.931. The third-order valence-corrected chi connectivity index (χ3v) is 5.48. The van der Waals surface area contributed by atoms with Gasteiger partial charge in [0.2, 0.25) is 0 Å². The highest BCUT2D eigenvalue weighted by Gasteiger charge is 2.33. The number of rotatable bonds is 3. The molecule has 100 valence electrons. The first-order valence-corrected chi connectivity index (χ1v) is 8.06. The van der Waals surface area contributed by atoms with Gasteiger partial charge >= 0.3 is 0 Å². The van der Waals surface area contributed by atoms with E-state index < -0.39 is 0 Å². The average molecular weight is 273 g/mol. The number of aromatic nitrogens is 1. The summed E-state index contributed by atoms with van der Waals surface area (Å²) >= 11 is 1.72. The molecule has 2 aromatic rings. The van der Waals surface area contributed by atoms with Crippen LogP contribution in [0.2, 0.25) is 0 Å². The Balaban J connectivity index is 1.44. The van der Waals surface area contributed by atoms with Gasteiger partial charge in [0.05, 0.1) is 15.7 Å². The second kappa shape index (κ2) is 4.76. The molecular formula is C15H19N3S. The van der Waals surface area contributed by atoms with E-state index in [1.807, 2.05) is 5.51 Å². The summed E-state index contributed by atoms with van der Waals surface area (Å²) in [6.45, 7) is 5.06. The molecule has 3 fully saturated rings. The van der Waals surface area contributed by atoms with Crippen LogP contribution in [0.25, 0.3) is 10.2 Å². The number of anilines is 1. The lowest BCUT2D eigenvalue weighted by Gasteiger charge is -2.45. The van der Waals surface area contributed by atoms with Gasteiger partial charge in [0.1, 0.15) is 0 Å². The van der Waals surface area contributed by atoms with Gasteiger partial charge in [-0.2, -0.15) is 0 Å². The fraction of sp³-hybridized carbons (Fsp3) is 0.533. The van der Waals surface area contributed by atoms with Crippen LogP contribution in [0.15, 0.2) is 23.7 Å². The highest BCUT2D eigenvalue weighted by Crippen LogP contribution is 2.32. The van der Waals surface area contributed by atoms with Crippen LogP contribution in [-0.4, -0.2) is 36.1 Å². The van der Waals surface area contributed by atoms with E-state index in [1.54, 1.807) is 11.3 Å². The lowest BCUT2D eigenvalue weighted by molar-refractivity contribution is 0.0574. The van der Waals surface area contributed by atoms with Crippen molar-refractivity contribution in [3.05, 3.63) is 23.7 Å². The molecule has 3 saturated heterocycles. The maximum atomic E-state index is 4.32. The van der Waals surface area contributed by atoms with E-state index in [0.717, 1.165) is 23.9 Å². The maximum Gasteiger partial charge on any atom is 0.0813 e. The third-order valence-electron chi connectivity index (χ3n) is 4.69. The van der Waals surface area contributed by atoms with Crippen LogP contribution < -0.4 is 5.32 Å². The molecule has 3 nitrogen and oxygen atoms in total. The highest BCUT2D eigenvalue weighted by molar-refractivity contribution is 7.16. The molecule has 1 aromatic heterocycles. The molecule has 5 rings (SSSR count). The Morgan fingerprint density at radius 3 is 3.00 bits per heavy atom. The molecular weight excluding hydrogens is 254 g/mol. The number of piperidine rings is 3. The van der Waals surface area contributed by atoms with Crippen molar-refractivity contribution >= 4 is 27.2 Å². The summed E-state index contributed by atoms with van der Waals surface area (Å²) in [6.07, 6.45) is 2.81. The van der Waals surface area contributed by atoms with Gasteiger partial charge in [-0.3, -0.25) is 0 Å². The number of thiazole rings is 1. The van der Waals surface area contributed by atoms with Gasteiger partial charge in [-0.25, -0.2) is 4.98 Å². The number of hydrogen-bond donors (Lipinski definition) is 1. The topological polar surface area (TPSA) is 28.2 Å². The Morgan fingerprint density at radius 1 is 1.32 bits per heavy atom. The van der Waals surface area contributed by atoms with Gasteiger partial charge in [0.15, 0.2) is 0 Å². The summed E-state index contributed by atoms with van der Waals surface area (Å²) in [5.41, 5.74) is 4.27. The standard InChI is InChI=1S/C15H19N3S/c1-2-14-15(19-10-17-14)7-13(1)16-8-12-9-18-5-3-11(12)4-6-18/h1-2,7,10-12,16H,3-6,8-9H2/t12-/m1/s1. The summed E-state index contributed by atoms with van der Waals surface area (Å²) in [6, 6.07) is 6.50. The fourth-order valence-electron chi connectivity index (χ4n) is 3.53. The van der Waals surface area contributed by atoms with Crippen molar-refractivity contribution in [2.75, 3.05) is 31.5 Å². The summed E-state index contributed by atoms with van der Waals surface area (Å²) in [7, 11) is 0. The van der Waals surface area contributed by atoms with E-state index in [0.29, 0.717) is 0 Å². The van der Waals surface area contributed by atoms with Crippen molar-refractivity contribution in [3.8, 4) is 0 Å². The SMILES string of the molecule is c1nc2ccc(NC[C@@H]3CN4CCC3CC4)cc2s1. The lowest BCUT2D eigenvalue weighted by atomic mass is 9.79. The number of hydrogen-bond acceptors (Lipinski definition) is 4. The van der Waals surface area contributed by atoms with Crippen LogP contribution in [0.5, 0.6) is 0 Å². The summed E-state index contributed by atoms with van der Waals surface area (Å²) in [5, 5.41) is 3.63. The highest BCUT2D eigenvalue weighted by atomic mass is 32.1. The molecule has 0 unspecified atom stereocenters. The third kappa shape index (κ3) is 2.23. The van der Waals surface area contributed by atoms with Gasteiger partial charge in [0.25, 0.3) is 0 Å². The fourth-order valence-corrected chi connectivity index (χ4v) is 4.25. The minimum Gasteiger partial charge on any atom is -0.385 e. The minimum absolute atomic E-state index is 0.833. The number of nitrogens with one attached hydrogen (secondary N) is 1. The van der Waals surface area contributed by atoms with Crippen LogP contribution in [0.4, 0.5) is 5.69 Å². The van der Waals surface area contributed by atoms with Crippen LogP contribution in [0.1, 0.15) is 12.8 Å². The summed E-state index contributed by atoms with van der Waals surface area (Å²) < 4.78 is 1.28. The van der Waals surface area contributed by atoms with Gasteiger partial charge in [-0.1, -0.05) is 0 Å². The zero-order chi connectivity index (χ0) is 12.7. The monoisotopic (exact) mass is 273 g/mol. The van der Waals surface area contributed by atoms with Gasteiger partial charge < -0.3 is 10.2 Å². The predicted octanol–water partition coefficient (Wildman–Crippen LogP) is 3.05. The van der Waals surface area contributed by atoms with Crippen LogP contribution in [0.3, 0.4) is 0 Å². The molecule has 3 aliphatic rings. The molecule has 1 aromatic carbocycles. The van der Waals surface area contributed by atoms with E-state index in [-0.39, 0.29) is 0 Å². The van der Waals surface area contributed by atoms with Crippen molar-refractivity contribution in [1.29, 1.82) is 0 Å². The lowest BCUT2D eigenvalue weighted by Crippen LogP contribution is -2.49. The van der Waals surface area contributed by atoms with Crippen molar-refractivity contribution in [1.82, 2.24) is 9.88 Å². The zero-order valence-electron chi connectivity index (χ0n) is 11.0. The molecule has 0 amide bonds. The maximum absolute atomic E-state index is 4.32. The van der Waals surface area contributed by atoms with E-state index in [2.05, 4.69) is 33.4 Å². The van der Waals surface area contributed by atoms with Crippen molar-refractivity contribution in [3.63, 3.8) is 0 Å². The largest absolute Gasteiger partial charge is 0.385 e. The normalized spacial score (nSPS) is 29.8. The molecule has 0 spiro atoms. The predicted molar refractivity (Wildman–Crippen MR) is 80.8 cm³/mol. The molecule has 0 aliphatic carbocycles. The van der Waals surface area contributed by atoms with E-state index in [4.69, 9.17) is 0 Å². The Labute approximate surface area is 117 Å². The van der Waals surface area contributed by atoms with Crippen molar-refractivity contribution in [2.45, 2.75) is 12.8 Å². The van der Waals surface area contributed by atoms with Gasteiger partial charge in [-0.15, -0.1) is 11.3 Å². The van der Waals surface area contributed by atoms with E-state index in [9.17, 15) is 0 Å². The second-order valence-electron chi connectivity index (χ2n) is 5.81. The van der Waals surface area contributed by atoms with Gasteiger partial charge in [0, 0.05) is 18.8 Å². The molecule has 0 radical (unpaired) electrons. The van der Waals surface area contributed by atoms with Crippen LogP contribution in [-0.2, 0) is 0 Å². The van der Waals surface area contributed by atoms with Crippen LogP contribution >= 0.6 is 11.3 Å². The summed E-state index contributed by atoms with van der Waals surface area (Å²) in [4.78, 5) is 6.95. The molecule has 4 heteroatoms. The van der Waals surface area contributed by atoms with E-state index >= 15 is 0 Å². The molecule has 3 aliphatic heterocycles. The molecule has 2 bridgehead atoms.